The summed E-state index contributed by atoms with van der Waals surface area (Å²) in [6.45, 7) is 3.12. The molecule has 1 aliphatic carbocycles. The topological polar surface area (TPSA) is 23.5 Å². The van der Waals surface area contributed by atoms with Gasteiger partial charge in [-0.25, -0.2) is 8.78 Å². The van der Waals surface area contributed by atoms with E-state index in [1.165, 1.54) is 29.8 Å². The third kappa shape index (κ3) is 4.22. The van der Waals surface area contributed by atoms with Crippen LogP contribution in [0.4, 0.5) is 8.78 Å². The molecule has 2 fully saturated rings. The number of likely N-dealkylation sites (tertiary alicyclic amines) is 1. The fourth-order valence-corrected chi connectivity index (χ4v) is 4.88. The highest BCUT2D eigenvalue weighted by molar-refractivity contribution is 5.24. The van der Waals surface area contributed by atoms with Gasteiger partial charge in [0.25, 0.3) is 0 Å². The molecule has 4 rings (SSSR count). The molecule has 2 nitrogen and oxygen atoms in total. The third-order valence-corrected chi connectivity index (χ3v) is 6.52. The lowest BCUT2D eigenvalue weighted by atomic mass is 9.66. The minimum Gasteiger partial charge on any atom is -0.385 e. The second-order valence-electron chi connectivity index (χ2n) is 8.27. The van der Waals surface area contributed by atoms with Gasteiger partial charge >= 0.3 is 0 Å². The van der Waals surface area contributed by atoms with Gasteiger partial charge in [0.05, 0.1) is 5.60 Å². The van der Waals surface area contributed by atoms with Crippen molar-refractivity contribution in [2.45, 2.75) is 37.7 Å². The van der Waals surface area contributed by atoms with Crippen molar-refractivity contribution < 1.29 is 13.9 Å². The Bertz CT molecular complexity index is 761. The van der Waals surface area contributed by atoms with Crippen LogP contribution in [0.15, 0.2) is 48.5 Å². The van der Waals surface area contributed by atoms with Gasteiger partial charge in [-0.05, 0) is 85.9 Å². The number of rotatable bonds is 4. The van der Waals surface area contributed by atoms with Gasteiger partial charge in [0.1, 0.15) is 11.6 Å². The summed E-state index contributed by atoms with van der Waals surface area (Å²) < 4.78 is 26.2. The zero-order chi connectivity index (χ0) is 18.9. The minimum absolute atomic E-state index is 0.185. The summed E-state index contributed by atoms with van der Waals surface area (Å²) in [6, 6.07) is 13.1. The van der Waals surface area contributed by atoms with E-state index in [1.54, 1.807) is 12.1 Å². The van der Waals surface area contributed by atoms with Crippen molar-refractivity contribution >= 4 is 0 Å². The first kappa shape index (κ1) is 18.6. The number of hydrogen-bond donors (Lipinski definition) is 1. The first-order valence-electron chi connectivity index (χ1n) is 9.97. The van der Waals surface area contributed by atoms with E-state index in [9.17, 15) is 13.9 Å². The van der Waals surface area contributed by atoms with E-state index in [4.69, 9.17) is 0 Å². The molecular formula is C23H27F2NO. The summed E-state index contributed by atoms with van der Waals surface area (Å²) in [5.41, 5.74) is 1.21. The average molecular weight is 371 g/mol. The van der Waals surface area contributed by atoms with E-state index in [0.29, 0.717) is 11.8 Å². The lowest BCUT2D eigenvalue weighted by molar-refractivity contribution is -0.0606. The number of aliphatic hydroxyl groups is 1. The Morgan fingerprint density at radius 2 is 1.59 bits per heavy atom. The van der Waals surface area contributed by atoms with E-state index in [-0.39, 0.29) is 11.6 Å². The Labute approximate surface area is 159 Å². The van der Waals surface area contributed by atoms with Crippen LogP contribution in [-0.2, 0) is 12.0 Å². The number of halogens is 2. The fraction of sp³-hybridized carbons (Fsp3) is 0.478. The van der Waals surface area contributed by atoms with Crippen LogP contribution in [0, 0.1) is 23.5 Å². The molecule has 0 amide bonds. The maximum Gasteiger partial charge on any atom is 0.123 e. The zero-order valence-electron chi connectivity index (χ0n) is 15.6. The van der Waals surface area contributed by atoms with Crippen LogP contribution in [0.2, 0.25) is 0 Å². The number of piperidine rings is 1. The van der Waals surface area contributed by atoms with Crippen molar-refractivity contribution in [1.29, 1.82) is 0 Å². The Morgan fingerprint density at radius 3 is 2.30 bits per heavy atom. The van der Waals surface area contributed by atoms with Crippen LogP contribution >= 0.6 is 0 Å². The molecule has 144 valence electrons. The van der Waals surface area contributed by atoms with Gasteiger partial charge in [0.2, 0.25) is 0 Å². The molecule has 2 aromatic carbocycles. The van der Waals surface area contributed by atoms with Crippen molar-refractivity contribution in [2.75, 3.05) is 19.6 Å². The highest BCUT2D eigenvalue weighted by Gasteiger charge is 2.42. The molecule has 1 saturated carbocycles. The van der Waals surface area contributed by atoms with Gasteiger partial charge in [0.15, 0.2) is 0 Å². The summed E-state index contributed by atoms with van der Waals surface area (Å²) in [6.07, 6.45) is 4.56. The molecular weight excluding hydrogens is 344 g/mol. The van der Waals surface area contributed by atoms with Gasteiger partial charge in [-0.1, -0.05) is 24.3 Å². The number of nitrogens with zero attached hydrogens (tertiary/aromatic N) is 1. The number of fused-ring (bicyclic) bond motifs is 1. The molecule has 1 aliphatic heterocycles. The van der Waals surface area contributed by atoms with E-state index < -0.39 is 5.60 Å². The molecule has 0 bridgehead atoms. The Hall–Kier alpha value is -1.78. The van der Waals surface area contributed by atoms with E-state index in [0.717, 1.165) is 57.3 Å². The Balaban J connectivity index is 1.33. The third-order valence-electron chi connectivity index (χ3n) is 6.52. The standard InChI is InChI=1S/C23H27F2NO/c24-21-5-1-17(2-6-21)10-13-26-14-11-18-15-23(27,12-9-19(18)16-26)20-3-7-22(25)8-4-20/h1-8,18-19,27H,9-16H2/t18-,19-,23?/m0/s1. The minimum atomic E-state index is -0.814. The summed E-state index contributed by atoms with van der Waals surface area (Å²) in [7, 11) is 0. The first-order valence-corrected chi connectivity index (χ1v) is 9.97. The van der Waals surface area contributed by atoms with Gasteiger partial charge in [-0.15, -0.1) is 0 Å². The number of benzene rings is 2. The number of hydrogen-bond acceptors (Lipinski definition) is 2. The Kier molecular flexibility index (Phi) is 5.29. The second kappa shape index (κ2) is 7.69. The summed E-state index contributed by atoms with van der Waals surface area (Å²) in [4.78, 5) is 2.51. The molecule has 27 heavy (non-hydrogen) atoms. The van der Waals surface area contributed by atoms with E-state index in [2.05, 4.69) is 4.90 Å². The van der Waals surface area contributed by atoms with Crippen LogP contribution in [0.3, 0.4) is 0 Å². The highest BCUT2D eigenvalue weighted by atomic mass is 19.1. The van der Waals surface area contributed by atoms with Crippen LogP contribution in [0.5, 0.6) is 0 Å². The highest BCUT2D eigenvalue weighted by Crippen LogP contribution is 2.45. The molecule has 4 heteroatoms. The van der Waals surface area contributed by atoms with Crippen molar-refractivity contribution in [3.63, 3.8) is 0 Å². The lowest BCUT2D eigenvalue weighted by Crippen LogP contribution is -2.47. The normalized spacial score (nSPS) is 28.7. The van der Waals surface area contributed by atoms with Gasteiger partial charge in [0, 0.05) is 13.1 Å². The smallest absolute Gasteiger partial charge is 0.123 e. The van der Waals surface area contributed by atoms with Gasteiger partial charge < -0.3 is 10.0 Å². The predicted octanol–water partition coefficient (Wildman–Crippen LogP) is 4.52. The van der Waals surface area contributed by atoms with Crippen molar-refractivity contribution in [1.82, 2.24) is 4.90 Å². The van der Waals surface area contributed by atoms with Gasteiger partial charge in [-0.2, -0.15) is 0 Å². The molecule has 0 spiro atoms. The summed E-state index contributed by atoms with van der Waals surface area (Å²) >= 11 is 0. The van der Waals surface area contributed by atoms with Crippen LogP contribution in [0.25, 0.3) is 0 Å². The average Bonchev–Trinajstić information content (AvgIpc) is 2.68. The summed E-state index contributed by atoms with van der Waals surface area (Å²) in [5, 5.41) is 11.1. The van der Waals surface area contributed by atoms with E-state index >= 15 is 0 Å². The summed E-state index contributed by atoms with van der Waals surface area (Å²) in [5.74, 6) is 0.699. The molecule has 2 aliphatic rings. The largest absolute Gasteiger partial charge is 0.385 e. The van der Waals surface area contributed by atoms with Gasteiger partial charge in [-0.3, -0.25) is 0 Å². The van der Waals surface area contributed by atoms with Crippen molar-refractivity contribution in [3.8, 4) is 0 Å². The monoisotopic (exact) mass is 371 g/mol. The lowest BCUT2D eigenvalue weighted by Gasteiger charge is -2.47. The molecule has 2 aromatic rings. The molecule has 3 atom stereocenters. The maximum atomic E-state index is 13.2. The van der Waals surface area contributed by atoms with Crippen molar-refractivity contribution in [3.05, 3.63) is 71.3 Å². The van der Waals surface area contributed by atoms with Crippen LogP contribution in [0.1, 0.15) is 36.8 Å². The second-order valence-corrected chi connectivity index (χ2v) is 8.27. The molecule has 1 heterocycles. The quantitative estimate of drug-likeness (QED) is 0.854. The maximum absolute atomic E-state index is 13.2. The molecule has 1 saturated heterocycles. The molecule has 1 N–H and O–H groups in total. The SMILES string of the molecule is OC1(c2ccc(F)cc2)CC[C@H]2CN(CCc3ccc(F)cc3)CC[C@H]2C1. The molecule has 0 radical (unpaired) electrons. The molecule has 0 aromatic heterocycles. The predicted molar refractivity (Wildman–Crippen MR) is 102 cm³/mol. The molecule has 1 unspecified atom stereocenters. The zero-order valence-corrected chi connectivity index (χ0v) is 15.6. The first-order chi connectivity index (χ1) is 13.0. The van der Waals surface area contributed by atoms with E-state index in [1.807, 2.05) is 12.1 Å². The fourth-order valence-electron chi connectivity index (χ4n) is 4.88. The van der Waals surface area contributed by atoms with Crippen molar-refractivity contribution in [2.24, 2.45) is 11.8 Å². The Morgan fingerprint density at radius 1 is 0.926 bits per heavy atom. The van der Waals surface area contributed by atoms with Crippen LogP contribution in [-0.4, -0.2) is 29.6 Å². The van der Waals surface area contributed by atoms with Crippen LogP contribution < -0.4 is 0 Å².